The zero-order valence-electron chi connectivity index (χ0n) is 13.3. The van der Waals surface area contributed by atoms with E-state index >= 15 is 0 Å². The van der Waals surface area contributed by atoms with Crippen molar-refractivity contribution in [1.82, 2.24) is 4.57 Å². The lowest BCUT2D eigenvalue weighted by Gasteiger charge is -2.11. The molecule has 1 aromatic heterocycles. The van der Waals surface area contributed by atoms with E-state index in [2.05, 4.69) is 41.8 Å². The minimum Gasteiger partial charge on any atom is -0.469 e. The molecule has 3 rings (SSSR count). The maximum atomic E-state index is 11.4. The molecule has 0 fully saturated rings. The van der Waals surface area contributed by atoms with Crippen LogP contribution in [0.3, 0.4) is 0 Å². The van der Waals surface area contributed by atoms with Gasteiger partial charge in [0.2, 0.25) is 0 Å². The number of para-hydroxylation sites is 1. The van der Waals surface area contributed by atoms with E-state index in [1.165, 1.54) is 28.9 Å². The van der Waals surface area contributed by atoms with E-state index in [1.807, 2.05) is 12.1 Å². The fourth-order valence-electron chi connectivity index (χ4n) is 3.02. The predicted molar refractivity (Wildman–Crippen MR) is 95.9 cm³/mol. The van der Waals surface area contributed by atoms with Gasteiger partial charge in [0, 0.05) is 34.4 Å². The molecule has 1 atom stereocenters. The third-order valence-electron chi connectivity index (χ3n) is 4.16. The smallest absolute Gasteiger partial charge is 0.307 e. The number of ether oxygens (including phenoxy) is 1. The quantitative estimate of drug-likeness (QED) is 0.739. The molecule has 23 heavy (non-hydrogen) atoms. The Hall–Kier alpha value is -2.04. The number of fused-ring (bicyclic) bond motifs is 3. The zero-order valence-corrected chi connectivity index (χ0v) is 14.1. The Morgan fingerprint density at radius 1 is 1.17 bits per heavy atom. The van der Waals surface area contributed by atoms with Crippen molar-refractivity contribution in [3.8, 4) is 0 Å². The second-order valence-electron chi connectivity index (χ2n) is 5.42. The summed E-state index contributed by atoms with van der Waals surface area (Å²) in [6, 6.07) is 14.2. The average Bonchev–Trinajstić information content (AvgIpc) is 2.87. The molecule has 1 heterocycles. The first-order valence-electron chi connectivity index (χ1n) is 7.49. The van der Waals surface area contributed by atoms with Gasteiger partial charge in [-0.2, -0.15) is 0 Å². The molecule has 0 saturated heterocycles. The summed E-state index contributed by atoms with van der Waals surface area (Å²) in [5, 5.41) is 2.39. The number of aromatic nitrogens is 1. The minimum absolute atomic E-state index is 0. The van der Waals surface area contributed by atoms with Crippen LogP contribution in [0.25, 0.3) is 21.8 Å². The van der Waals surface area contributed by atoms with Gasteiger partial charge in [0.15, 0.2) is 0 Å². The predicted octanol–water partition coefficient (Wildman–Crippen LogP) is 3.80. The Labute approximate surface area is 141 Å². The SMILES string of the molecule is CCn1c2ccccc2c2cc([C@H](N)CC(=O)OC)ccc21.Cl. The molecule has 0 spiro atoms. The summed E-state index contributed by atoms with van der Waals surface area (Å²) >= 11 is 0. The molecule has 122 valence electrons. The lowest BCUT2D eigenvalue weighted by molar-refractivity contribution is -0.141. The summed E-state index contributed by atoms with van der Waals surface area (Å²) in [5.74, 6) is -0.288. The van der Waals surface area contributed by atoms with E-state index in [1.54, 1.807) is 0 Å². The number of methoxy groups -OCH3 is 1. The molecule has 3 aromatic rings. The van der Waals surface area contributed by atoms with Gasteiger partial charge in [0.05, 0.1) is 13.5 Å². The number of nitrogens with zero attached hydrogens (tertiary/aromatic N) is 1. The molecule has 0 unspecified atom stereocenters. The molecule has 5 heteroatoms. The van der Waals surface area contributed by atoms with Crippen LogP contribution in [0.1, 0.15) is 24.9 Å². The van der Waals surface area contributed by atoms with Crippen molar-refractivity contribution in [1.29, 1.82) is 0 Å². The van der Waals surface area contributed by atoms with Crippen molar-refractivity contribution in [2.24, 2.45) is 5.73 Å². The van der Waals surface area contributed by atoms with E-state index in [0.717, 1.165) is 12.1 Å². The van der Waals surface area contributed by atoms with Crippen LogP contribution in [0.2, 0.25) is 0 Å². The molecule has 0 aliphatic rings. The first-order chi connectivity index (χ1) is 10.7. The van der Waals surface area contributed by atoms with Gasteiger partial charge in [-0.25, -0.2) is 0 Å². The fraction of sp³-hybridized carbons (Fsp3) is 0.278. The Balaban J connectivity index is 0.00000192. The molecule has 0 amide bonds. The Bertz CT molecular complexity index is 842. The number of benzene rings is 2. The van der Waals surface area contributed by atoms with Gasteiger partial charge >= 0.3 is 5.97 Å². The molecular formula is C18H21ClN2O2. The highest BCUT2D eigenvalue weighted by atomic mass is 35.5. The summed E-state index contributed by atoms with van der Waals surface area (Å²) in [6.07, 6.45) is 0.189. The lowest BCUT2D eigenvalue weighted by Crippen LogP contribution is -2.16. The van der Waals surface area contributed by atoms with Gasteiger partial charge in [-0.3, -0.25) is 4.79 Å². The maximum Gasteiger partial charge on any atom is 0.307 e. The molecule has 0 aliphatic heterocycles. The van der Waals surface area contributed by atoms with Crippen molar-refractivity contribution >= 4 is 40.2 Å². The number of aryl methyl sites for hydroxylation is 1. The minimum atomic E-state index is -0.347. The van der Waals surface area contributed by atoms with Crippen molar-refractivity contribution in [3.63, 3.8) is 0 Å². The van der Waals surface area contributed by atoms with E-state index in [0.29, 0.717) is 0 Å². The van der Waals surface area contributed by atoms with Crippen molar-refractivity contribution in [2.45, 2.75) is 25.9 Å². The normalized spacial score (nSPS) is 12.1. The monoisotopic (exact) mass is 332 g/mol. The standard InChI is InChI=1S/C18H20N2O2.ClH/c1-3-20-16-7-5-4-6-13(16)14-10-12(8-9-17(14)20)15(19)11-18(21)22-2;/h4-10,15H,3,11,19H2,1-2H3;1H/t15-;/m1./s1. The molecule has 2 aromatic carbocycles. The van der Waals surface area contributed by atoms with Gasteiger partial charge in [0.25, 0.3) is 0 Å². The van der Waals surface area contributed by atoms with Crippen LogP contribution < -0.4 is 5.73 Å². The molecule has 4 nitrogen and oxygen atoms in total. The average molecular weight is 333 g/mol. The third kappa shape index (κ3) is 3.05. The third-order valence-corrected chi connectivity index (χ3v) is 4.16. The maximum absolute atomic E-state index is 11.4. The molecule has 0 bridgehead atoms. The summed E-state index contributed by atoms with van der Waals surface area (Å²) in [6.45, 7) is 3.06. The molecular weight excluding hydrogens is 312 g/mol. The van der Waals surface area contributed by atoms with Crippen LogP contribution in [0.15, 0.2) is 42.5 Å². The Morgan fingerprint density at radius 2 is 1.87 bits per heavy atom. The van der Waals surface area contributed by atoms with Crippen molar-refractivity contribution in [2.75, 3.05) is 7.11 Å². The van der Waals surface area contributed by atoms with E-state index < -0.39 is 0 Å². The molecule has 0 radical (unpaired) electrons. The summed E-state index contributed by atoms with van der Waals surface area (Å²) in [7, 11) is 1.38. The van der Waals surface area contributed by atoms with E-state index in [9.17, 15) is 4.79 Å². The van der Waals surface area contributed by atoms with Gasteiger partial charge in [-0.05, 0) is 30.7 Å². The number of rotatable bonds is 4. The first kappa shape index (κ1) is 17.3. The number of esters is 1. The number of carbonyl (C=O) groups excluding carboxylic acids is 1. The topological polar surface area (TPSA) is 57.2 Å². The first-order valence-corrected chi connectivity index (χ1v) is 7.49. The van der Waals surface area contributed by atoms with Gasteiger partial charge in [-0.15, -0.1) is 12.4 Å². The highest BCUT2D eigenvalue weighted by Gasteiger charge is 2.15. The summed E-state index contributed by atoms with van der Waals surface area (Å²) in [5.41, 5.74) is 9.51. The van der Waals surface area contributed by atoms with Gasteiger partial charge < -0.3 is 15.0 Å². The van der Waals surface area contributed by atoms with Crippen LogP contribution in [-0.4, -0.2) is 17.6 Å². The zero-order chi connectivity index (χ0) is 15.7. The number of nitrogens with two attached hydrogens (primary N) is 1. The summed E-state index contributed by atoms with van der Waals surface area (Å²) in [4.78, 5) is 11.4. The molecule has 0 aliphatic carbocycles. The fourth-order valence-corrected chi connectivity index (χ4v) is 3.02. The van der Waals surface area contributed by atoms with E-state index in [-0.39, 0.29) is 30.8 Å². The van der Waals surface area contributed by atoms with E-state index in [4.69, 9.17) is 10.5 Å². The van der Waals surface area contributed by atoms with Gasteiger partial charge in [-0.1, -0.05) is 24.3 Å². The van der Waals surface area contributed by atoms with Gasteiger partial charge in [0.1, 0.15) is 0 Å². The van der Waals surface area contributed by atoms with Crippen LogP contribution in [-0.2, 0) is 16.1 Å². The van der Waals surface area contributed by atoms with Crippen LogP contribution >= 0.6 is 12.4 Å². The second-order valence-corrected chi connectivity index (χ2v) is 5.42. The molecule has 2 N–H and O–H groups in total. The van der Waals surface area contributed by atoms with Crippen molar-refractivity contribution in [3.05, 3.63) is 48.0 Å². The number of hydrogen-bond acceptors (Lipinski definition) is 3. The second kappa shape index (κ2) is 7.02. The largest absolute Gasteiger partial charge is 0.469 e. The number of carbonyl (C=O) groups is 1. The Morgan fingerprint density at radius 3 is 2.57 bits per heavy atom. The highest BCUT2D eigenvalue weighted by molar-refractivity contribution is 6.08. The number of halogens is 1. The van der Waals surface area contributed by atoms with Crippen molar-refractivity contribution < 1.29 is 9.53 Å². The number of hydrogen-bond donors (Lipinski definition) is 1. The Kier molecular flexibility index (Phi) is 5.29. The highest BCUT2D eigenvalue weighted by Crippen LogP contribution is 2.31. The van der Waals surface area contributed by atoms with Crippen LogP contribution in [0, 0.1) is 0 Å². The summed E-state index contributed by atoms with van der Waals surface area (Å²) < 4.78 is 6.99. The van der Waals surface area contributed by atoms with Crippen LogP contribution in [0.5, 0.6) is 0 Å². The van der Waals surface area contributed by atoms with Crippen LogP contribution in [0.4, 0.5) is 0 Å². The lowest BCUT2D eigenvalue weighted by atomic mass is 10.0. The molecule has 0 saturated carbocycles.